The third kappa shape index (κ3) is 3.23. The summed E-state index contributed by atoms with van der Waals surface area (Å²) in [4.78, 5) is 2.02. The Bertz CT molecular complexity index is 357. The monoisotopic (exact) mass is 222 g/mol. The van der Waals surface area contributed by atoms with Gasteiger partial charge >= 0.3 is 0 Å². The van der Waals surface area contributed by atoms with Crippen LogP contribution in [0.25, 0.3) is 0 Å². The van der Waals surface area contributed by atoms with Crippen LogP contribution in [-0.2, 0) is 6.54 Å². The topological polar surface area (TPSA) is 27.0 Å². The molecule has 0 aliphatic rings. The predicted octanol–water partition coefficient (Wildman–Crippen LogP) is 3.07. The van der Waals surface area contributed by atoms with Gasteiger partial charge in [0.25, 0.3) is 0 Å². The molecule has 15 heavy (non-hydrogen) atoms. The molecule has 0 bridgehead atoms. The van der Waals surface area contributed by atoms with Crippen molar-refractivity contribution in [1.29, 1.82) is 5.26 Å². The van der Waals surface area contributed by atoms with Crippen molar-refractivity contribution in [1.82, 2.24) is 4.90 Å². The van der Waals surface area contributed by atoms with Crippen LogP contribution in [0.2, 0.25) is 5.02 Å². The van der Waals surface area contributed by atoms with Crippen molar-refractivity contribution in [2.24, 2.45) is 0 Å². The van der Waals surface area contributed by atoms with E-state index in [1.807, 2.05) is 43.1 Å². The third-order valence-corrected chi connectivity index (χ3v) is 2.81. The second-order valence-electron chi connectivity index (χ2n) is 3.56. The number of hydrogen-bond acceptors (Lipinski definition) is 2. The molecule has 1 rings (SSSR count). The van der Waals surface area contributed by atoms with Crippen LogP contribution in [0.15, 0.2) is 24.3 Å². The Balaban J connectivity index is 2.70. The minimum atomic E-state index is -0.0405. The summed E-state index contributed by atoms with van der Waals surface area (Å²) in [6, 6.07) is 9.97. The second kappa shape index (κ2) is 5.75. The molecule has 1 aromatic carbocycles. The highest BCUT2D eigenvalue weighted by Gasteiger charge is 2.12. The van der Waals surface area contributed by atoms with E-state index in [1.165, 1.54) is 0 Å². The van der Waals surface area contributed by atoms with E-state index in [9.17, 15) is 0 Å². The molecule has 0 saturated heterocycles. The predicted molar refractivity (Wildman–Crippen MR) is 62.6 cm³/mol. The van der Waals surface area contributed by atoms with Crippen molar-refractivity contribution >= 4 is 11.6 Å². The van der Waals surface area contributed by atoms with Crippen molar-refractivity contribution in [3.8, 4) is 6.07 Å². The molecule has 0 N–H and O–H groups in total. The van der Waals surface area contributed by atoms with Crippen LogP contribution in [0.4, 0.5) is 0 Å². The Kier molecular flexibility index (Phi) is 4.61. The fourth-order valence-electron chi connectivity index (χ4n) is 1.51. The SMILES string of the molecule is CCC(C#N)N(C)Cc1ccccc1Cl. The number of hydrogen-bond donors (Lipinski definition) is 0. The van der Waals surface area contributed by atoms with Gasteiger partial charge in [0.2, 0.25) is 0 Å². The van der Waals surface area contributed by atoms with Crippen molar-refractivity contribution < 1.29 is 0 Å². The van der Waals surface area contributed by atoms with Gasteiger partial charge in [-0.3, -0.25) is 4.90 Å². The first kappa shape index (κ1) is 12.0. The molecule has 1 unspecified atom stereocenters. The van der Waals surface area contributed by atoms with E-state index in [-0.39, 0.29) is 6.04 Å². The molecular weight excluding hydrogens is 208 g/mol. The van der Waals surface area contributed by atoms with Gasteiger partial charge in [-0.1, -0.05) is 36.7 Å². The highest BCUT2D eigenvalue weighted by molar-refractivity contribution is 6.31. The van der Waals surface area contributed by atoms with E-state index in [0.717, 1.165) is 17.0 Å². The highest BCUT2D eigenvalue weighted by atomic mass is 35.5. The largest absolute Gasteiger partial charge is 0.287 e. The highest BCUT2D eigenvalue weighted by Crippen LogP contribution is 2.17. The van der Waals surface area contributed by atoms with Gasteiger partial charge in [0.05, 0.1) is 12.1 Å². The molecule has 0 aromatic heterocycles. The average Bonchev–Trinajstić information content (AvgIpc) is 2.23. The van der Waals surface area contributed by atoms with Gasteiger partial charge in [0, 0.05) is 11.6 Å². The van der Waals surface area contributed by atoms with E-state index in [0.29, 0.717) is 6.54 Å². The molecule has 0 amide bonds. The molecule has 1 aromatic rings. The van der Waals surface area contributed by atoms with Crippen molar-refractivity contribution in [3.63, 3.8) is 0 Å². The molecule has 0 fully saturated rings. The van der Waals surface area contributed by atoms with Gasteiger partial charge in [0.15, 0.2) is 0 Å². The zero-order chi connectivity index (χ0) is 11.3. The summed E-state index contributed by atoms with van der Waals surface area (Å²) < 4.78 is 0. The Morgan fingerprint density at radius 1 is 1.47 bits per heavy atom. The minimum absolute atomic E-state index is 0.0405. The van der Waals surface area contributed by atoms with E-state index in [4.69, 9.17) is 16.9 Å². The summed E-state index contributed by atoms with van der Waals surface area (Å²) in [5.74, 6) is 0. The fraction of sp³-hybridized carbons (Fsp3) is 0.417. The van der Waals surface area contributed by atoms with Crippen LogP contribution in [0.1, 0.15) is 18.9 Å². The average molecular weight is 223 g/mol. The van der Waals surface area contributed by atoms with Crippen LogP contribution in [0.3, 0.4) is 0 Å². The first-order chi connectivity index (χ1) is 7.19. The molecule has 3 heteroatoms. The zero-order valence-corrected chi connectivity index (χ0v) is 9.83. The maximum Gasteiger partial charge on any atom is 0.0975 e. The maximum atomic E-state index is 8.92. The van der Waals surface area contributed by atoms with Gasteiger partial charge < -0.3 is 0 Å². The molecule has 0 radical (unpaired) electrons. The molecule has 0 heterocycles. The van der Waals surface area contributed by atoms with Gasteiger partial charge in [-0.2, -0.15) is 5.26 Å². The quantitative estimate of drug-likeness (QED) is 0.783. The second-order valence-corrected chi connectivity index (χ2v) is 3.97. The molecule has 0 aliphatic heterocycles. The Labute approximate surface area is 96.1 Å². The lowest BCUT2D eigenvalue weighted by Gasteiger charge is -2.21. The van der Waals surface area contributed by atoms with Crippen LogP contribution >= 0.6 is 11.6 Å². The third-order valence-electron chi connectivity index (χ3n) is 2.45. The van der Waals surface area contributed by atoms with Crippen molar-refractivity contribution in [2.75, 3.05) is 7.05 Å². The molecule has 80 valence electrons. The summed E-state index contributed by atoms with van der Waals surface area (Å²) in [6.45, 7) is 2.72. The number of halogens is 1. The first-order valence-corrected chi connectivity index (χ1v) is 5.40. The molecular formula is C12H15ClN2. The van der Waals surface area contributed by atoms with Crippen LogP contribution < -0.4 is 0 Å². The lowest BCUT2D eigenvalue weighted by atomic mass is 10.1. The summed E-state index contributed by atoms with van der Waals surface area (Å²) in [6.07, 6.45) is 0.831. The molecule has 1 atom stereocenters. The molecule has 2 nitrogen and oxygen atoms in total. The Morgan fingerprint density at radius 3 is 2.67 bits per heavy atom. The number of rotatable bonds is 4. The Morgan fingerprint density at radius 2 is 2.13 bits per heavy atom. The number of nitriles is 1. The van der Waals surface area contributed by atoms with Gasteiger partial charge in [-0.05, 0) is 25.1 Å². The van der Waals surface area contributed by atoms with E-state index in [2.05, 4.69) is 6.07 Å². The summed E-state index contributed by atoms with van der Waals surface area (Å²) >= 11 is 6.05. The Hall–Kier alpha value is -1.04. The summed E-state index contributed by atoms with van der Waals surface area (Å²) in [7, 11) is 1.95. The zero-order valence-electron chi connectivity index (χ0n) is 9.07. The first-order valence-electron chi connectivity index (χ1n) is 5.02. The number of nitrogens with zero attached hydrogens (tertiary/aromatic N) is 2. The maximum absolute atomic E-state index is 8.92. The van der Waals surface area contributed by atoms with Gasteiger partial charge in [-0.25, -0.2) is 0 Å². The summed E-state index contributed by atoms with van der Waals surface area (Å²) in [5, 5.41) is 9.68. The molecule has 0 spiro atoms. The van der Waals surface area contributed by atoms with Crippen molar-refractivity contribution in [2.45, 2.75) is 25.9 Å². The number of benzene rings is 1. The van der Waals surface area contributed by atoms with Crippen LogP contribution in [0.5, 0.6) is 0 Å². The normalized spacial score (nSPS) is 12.5. The van der Waals surface area contributed by atoms with Gasteiger partial charge in [0.1, 0.15) is 0 Å². The van der Waals surface area contributed by atoms with E-state index in [1.54, 1.807) is 0 Å². The van der Waals surface area contributed by atoms with E-state index >= 15 is 0 Å². The molecule has 0 aliphatic carbocycles. The van der Waals surface area contributed by atoms with Gasteiger partial charge in [-0.15, -0.1) is 0 Å². The van der Waals surface area contributed by atoms with Crippen molar-refractivity contribution in [3.05, 3.63) is 34.9 Å². The van der Waals surface area contributed by atoms with Crippen LogP contribution in [-0.4, -0.2) is 18.0 Å². The minimum Gasteiger partial charge on any atom is -0.287 e. The van der Waals surface area contributed by atoms with Crippen LogP contribution in [0, 0.1) is 11.3 Å². The standard InChI is InChI=1S/C12H15ClN2/c1-3-11(8-14)15(2)9-10-6-4-5-7-12(10)13/h4-7,11H,3,9H2,1-2H3. The molecule has 0 saturated carbocycles. The lowest BCUT2D eigenvalue weighted by molar-refractivity contribution is 0.273. The summed E-state index contributed by atoms with van der Waals surface area (Å²) in [5.41, 5.74) is 1.07. The smallest absolute Gasteiger partial charge is 0.0975 e. The fourth-order valence-corrected chi connectivity index (χ4v) is 1.70. The van der Waals surface area contributed by atoms with E-state index < -0.39 is 0 Å². The lowest BCUT2D eigenvalue weighted by Crippen LogP contribution is -2.29.